The van der Waals surface area contributed by atoms with Crippen molar-refractivity contribution in [2.75, 3.05) is 39.9 Å². The van der Waals surface area contributed by atoms with Gasteiger partial charge in [0.2, 0.25) is 0 Å². The fraction of sp³-hybridized carbons (Fsp3) is 0.923. The fourth-order valence-electron chi connectivity index (χ4n) is 1.72. The van der Waals surface area contributed by atoms with Crippen molar-refractivity contribution < 1.29 is 4.74 Å². The Hall–Kier alpha value is -0.630. The summed E-state index contributed by atoms with van der Waals surface area (Å²) in [4.78, 5) is 2.30. The molecule has 0 spiro atoms. The molecule has 0 heterocycles. The molecule has 0 aromatic rings. The zero-order chi connectivity index (χ0) is 13.1. The minimum absolute atomic E-state index is 0.0782. The first-order chi connectivity index (χ1) is 8.13. The van der Waals surface area contributed by atoms with E-state index in [1.807, 2.05) is 0 Å². The Labute approximate surface area is 106 Å². The van der Waals surface area contributed by atoms with Gasteiger partial charge in [0.25, 0.3) is 0 Å². The number of nitriles is 1. The molecule has 0 rings (SSSR count). The second kappa shape index (κ2) is 10.5. The number of hydrogen-bond acceptors (Lipinski definition) is 4. The van der Waals surface area contributed by atoms with E-state index < -0.39 is 0 Å². The van der Waals surface area contributed by atoms with Crippen LogP contribution in [0.3, 0.4) is 0 Å². The zero-order valence-electron chi connectivity index (χ0n) is 11.7. The van der Waals surface area contributed by atoms with Gasteiger partial charge in [0.05, 0.1) is 12.7 Å². The average Bonchev–Trinajstić information content (AvgIpc) is 2.30. The van der Waals surface area contributed by atoms with Crippen molar-refractivity contribution >= 4 is 0 Å². The lowest BCUT2D eigenvalue weighted by molar-refractivity contribution is 0.136. The summed E-state index contributed by atoms with van der Waals surface area (Å²) in [6.07, 6.45) is 1.06. The Morgan fingerprint density at radius 1 is 1.35 bits per heavy atom. The molecule has 4 heteroatoms. The summed E-state index contributed by atoms with van der Waals surface area (Å²) >= 11 is 0. The first kappa shape index (κ1) is 16.4. The van der Waals surface area contributed by atoms with Crippen LogP contribution in [-0.2, 0) is 4.74 Å². The Morgan fingerprint density at radius 2 is 2.06 bits per heavy atom. The monoisotopic (exact) mass is 241 g/mol. The van der Waals surface area contributed by atoms with Gasteiger partial charge in [-0.2, -0.15) is 5.26 Å². The van der Waals surface area contributed by atoms with Crippen LogP contribution in [0.4, 0.5) is 0 Å². The molecule has 17 heavy (non-hydrogen) atoms. The van der Waals surface area contributed by atoms with Gasteiger partial charge < -0.3 is 10.1 Å². The van der Waals surface area contributed by atoms with Crippen LogP contribution in [0.2, 0.25) is 0 Å². The highest BCUT2D eigenvalue weighted by Gasteiger charge is 2.13. The van der Waals surface area contributed by atoms with Crippen molar-refractivity contribution in [2.24, 2.45) is 5.92 Å². The number of methoxy groups -OCH3 is 1. The molecule has 0 aromatic heterocycles. The largest absolute Gasteiger partial charge is 0.383 e. The lowest BCUT2D eigenvalue weighted by atomic mass is 10.2. The molecular weight excluding hydrogens is 214 g/mol. The molecule has 0 amide bonds. The Bertz CT molecular complexity index is 213. The summed E-state index contributed by atoms with van der Waals surface area (Å²) in [5.41, 5.74) is 0. The summed E-state index contributed by atoms with van der Waals surface area (Å²) in [7, 11) is 1.71. The standard InChI is InChI=1S/C13H27N3O/c1-5-6-15-13(9-14)11-16(7-8-17-4)10-12(2)3/h12-13,15H,5-8,10-11H2,1-4H3. The molecule has 0 radical (unpaired) electrons. The third kappa shape index (κ3) is 9.11. The Kier molecular flexibility index (Phi) is 10.1. The SMILES string of the molecule is CCCNC(C#N)CN(CCOC)CC(C)C. The van der Waals surface area contributed by atoms with Gasteiger partial charge in [-0.25, -0.2) is 0 Å². The summed E-state index contributed by atoms with van der Waals surface area (Å²) in [6, 6.07) is 2.25. The van der Waals surface area contributed by atoms with Crippen molar-refractivity contribution in [3.05, 3.63) is 0 Å². The molecule has 100 valence electrons. The van der Waals surface area contributed by atoms with E-state index in [1.54, 1.807) is 7.11 Å². The average molecular weight is 241 g/mol. The van der Waals surface area contributed by atoms with Crippen LogP contribution in [-0.4, -0.2) is 50.8 Å². The van der Waals surface area contributed by atoms with E-state index >= 15 is 0 Å². The molecule has 0 fully saturated rings. The summed E-state index contributed by atoms with van der Waals surface area (Å²) in [5, 5.41) is 12.3. The van der Waals surface area contributed by atoms with Gasteiger partial charge in [-0.05, 0) is 18.9 Å². The number of ether oxygens (including phenoxy) is 1. The van der Waals surface area contributed by atoms with E-state index in [4.69, 9.17) is 10.00 Å². The normalized spacial score (nSPS) is 13.0. The smallest absolute Gasteiger partial charge is 0.108 e. The maximum atomic E-state index is 9.09. The first-order valence-corrected chi connectivity index (χ1v) is 6.48. The first-order valence-electron chi connectivity index (χ1n) is 6.48. The number of nitrogens with zero attached hydrogens (tertiary/aromatic N) is 2. The highest BCUT2D eigenvalue weighted by atomic mass is 16.5. The molecule has 0 aliphatic rings. The summed E-state index contributed by atoms with van der Waals surface area (Å²) in [5.74, 6) is 0.609. The van der Waals surface area contributed by atoms with Crippen LogP contribution < -0.4 is 5.32 Å². The molecule has 0 saturated carbocycles. The molecule has 0 aromatic carbocycles. The molecule has 0 aliphatic carbocycles. The molecular formula is C13H27N3O. The van der Waals surface area contributed by atoms with E-state index in [0.29, 0.717) is 5.92 Å². The lowest BCUT2D eigenvalue weighted by Gasteiger charge is -2.26. The molecule has 1 atom stereocenters. The van der Waals surface area contributed by atoms with Crippen LogP contribution in [0.1, 0.15) is 27.2 Å². The van der Waals surface area contributed by atoms with Crippen LogP contribution in [0.5, 0.6) is 0 Å². The van der Waals surface area contributed by atoms with Gasteiger partial charge in [-0.15, -0.1) is 0 Å². The second-order valence-corrected chi connectivity index (χ2v) is 4.78. The van der Waals surface area contributed by atoms with Gasteiger partial charge in [-0.1, -0.05) is 20.8 Å². The minimum Gasteiger partial charge on any atom is -0.383 e. The lowest BCUT2D eigenvalue weighted by Crippen LogP contribution is -2.43. The molecule has 4 nitrogen and oxygen atoms in total. The molecule has 0 aliphatic heterocycles. The van der Waals surface area contributed by atoms with E-state index in [1.165, 1.54) is 0 Å². The van der Waals surface area contributed by atoms with Crippen molar-refractivity contribution in [1.29, 1.82) is 5.26 Å². The van der Waals surface area contributed by atoms with Crippen molar-refractivity contribution in [3.8, 4) is 6.07 Å². The maximum absolute atomic E-state index is 9.09. The highest BCUT2D eigenvalue weighted by Crippen LogP contribution is 2.00. The van der Waals surface area contributed by atoms with E-state index in [2.05, 4.69) is 37.1 Å². The zero-order valence-corrected chi connectivity index (χ0v) is 11.7. The molecule has 0 saturated heterocycles. The van der Waals surface area contributed by atoms with Gasteiger partial charge in [0, 0.05) is 26.7 Å². The van der Waals surface area contributed by atoms with Crippen molar-refractivity contribution in [3.63, 3.8) is 0 Å². The Morgan fingerprint density at radius 3 is 2.53 bits per heavy atom. The highest BCUT2D eigenvalue weighted by molar-refractivity contribution is 4.92. The van der Waals surface area contributed by atoms with E-state index in [9.17, 15) is 0 Å². The third-order valence-electron chi connectivity index (χ3n) is 2.47. The van der Waals surface area contributed by atoms with E-state index in [0.717, 1.165) is 39.2 Å². The number of nitrogens with one attached hydrogen (secondary N) is 1. The van der Waals surface area contributed by atoms with Gasteiger partial charge in [-0.3, -0.25) is 4.90 Å². The Balaban J connectivity index is 4.12. The van der Waals surface area contributed by atoms with Crippen LogP contribution in [0.15, 0.2) is 0 Å². The predicted molar refractivity (Wildman–Crippen MR) is 70.8 cm³/mol. The third-order valence-corrected chi connectivity index (χ3v) is 2.47. The minimum atomic E-state index is -0.0782. The van der Waals surface area contributed by atoms with Gasteiger partial charge in [0.15, 0.2) is 0 Å². The van der Waals surface area contributed by atoms with Gasteiger partial charge >= 0.3 is 0 Å². The van der Waals surface area contributed by atoms with Crippen LogP contribution in [0, 0.1) is 17.2 Å². The van der Waals surface area contributed by atoms with Crippen LogP contribution in [0.25, 0.3) is 0 Å². The topological polar surface area (TPSA) is 48.3 Å². The van der Waals surface area contributed by atoms with Crippen molar-refractivity contribution in [2.45, 2.75) is 33.2 Å². The van der Waals surface area contributed by atoms with Crippen LogP contribution >= 0.6 is 0 Å². The summed E-state index contributed by atoms with van der Waals surface area (Å²) < 4.78 is 5.11. The second-order valence-electron chi connectivity index (χ2n) is 4.78. The summed E-state index contributed by atoms with van der Waals surface area (Å²) in [6.45, 7) is 10.8. The molecule has 1 N–H and O–H groups in total. The van der Waals surface area contributed by atoms with E-state index in [-0.39, 0.29) is 6.04 Å². The number of rotatable bonds is 10. The number of hydrogen-bond donors (Lipinski definition) is 1. The van der Waals surface area contributed by atoms with Gasteiger partial charge in [0.1, 0.15) is 6.04 Å². The predicted octanol–water partition coefficient (Wildman–Crippen LogP) is 1.48. The quantitative estimate of drug-likeness (QED) is 0.629. The molecule has 1 unspecified atom stereocenters. The fourth-order valence-corrected chi connectivity index (χ4v) is 1.72. The maximum Gasteiger partial charge on any atom is 0.108 e. The van der Waals surface area contributed by atoms with Crippen molar-refractivity contribution in [1.82, 2.24) is 10.2 Å². The molecule has 0 bridgehead atoms.